The predicted molar refractivity (Wildman–Crippen MR) is 322 cm³/mol. The van der Waals surface area contributed by atoms with Crippen molar-refractivity contribution in [3.63, 3.8) is 0 Å². The van der Waals surface area contributed by atoms with Crippen LogP contribution in [0.1, 0.15) is 52.7 Å². The van der Waals surface area contributed by atoms with E-state index in [4.69, 9.17) is 8.83 Å². The van der Waals surface area contributed by atoms with E-state index in [0.717, 1.165) is 89.4 Å². The Kier molecular flexibility index (Phi) is 9.51. The molecule has 6 heteroatoms. The summed E-state index contributed by atoms with van der Waals surface area (Å²) in [5.74, 6) is 0. The minimum Gasteiger partial charge on any atom is -0.456 e. The Labute approximate surface area is 442 Å². The van der Waals surface area contributed by atoms with Gasteiger partial charge in [-0.25, -0.2) is 0 Å². The third-order valence-electron chi connectivity index (χ3n) is 16.3. The Morgan fingerprint density at radius 1 is 0.382 bits per heavy atom. The van der Waals surface area contributed by atoms with Gasteiger partial charge in [-0.1, -0.05) is 169 Å². The number of rotatable bonds is 5. The third kappa shape index (κ3) is 6.66. The maximum absolute atomic E-state index is 6.92. The number of hydrogen-bond donors (Lipinski definition) is 0. The van der Waals surface area contributed by atoms with Gasteiger partial charge in [-0.05, 0) is 151 Å². The van der Waals surface area contributed by atoms with Gasteiger partial charge in [0.15, 0.2) is 5.58 Å². The topological polar surface area (TPSA) is 36.0 Å². The molecule has 364 valence electrons. The molecule has 0 radical (unpaired) electrons. The summed E-state index contributed by atoms with van der Waals surface area (Å²) in [6.07, 6.45) is 0. The van der Waals surface area contributed by atoms with Crippen LogP contribution in [0.2, 0.25) is 0 Å². The predicted octanol–water partition coefficient (Wildman–Crippen LogP) is 17.9. The molecular weight excluding hydrogens is 926 g/mol. The molecule has 0 amide bonds. The van der Waals surface area contributed by atoms with Gasteiger partial charge >= 0.3 is 0 Å². The van der Waals surface area contributed by atoms with E-state index in [1.165, 1.54) is 54.7 Å². The van der Waals surface area contributed by atoms with Crippen LogP contribution in [0.3, 0.4) is 0 Å². The molecule has 11 aromatic carbocycles. The van der Waals surface area contributed by atoms with Crippen LogP contribution in [0.15, 0.2) is 227 Å². The van der Waals surface area contributed by atoms with Crippen LogP contribution in [0.25, 0.3) is 65.4 Å². The molecule has 0 saturated carbocycles. The molecule has 0 atom stereocenters. The molecule has 76 heavy (non-hydrogen) atoms. The highest BCUT2D eigenvalue weighted by Gasteiger charge is 2.45. The van der Waals surface area contributed by atoms with Gasteiger partial charge in [0.25, 0.3) is 6.71 Å². The maximum atomic E-state index is 6.92. The van der Waals surface area contributed by atoms with Crippen LogP contribution in [-0.4, -0.2) is 6.71 Å². The molecule has 0 fully saturated rings. The van der Waals surface area contributed by atoms with Crippen molar-refractivity contribution in [2.45, 2.75) is 52.4 Å². The number of fused-ring (bicyclic) bond motifs is 14. The summed E-state index contributed by atoms with van der Waals surface area (Å²) in [6, 6.07) is 80.6. The van der Waals surface area contributed by atoms with E-state index in [9.17, 15) is 0 Å². The van der Waals surface area contributed by atoms with E-state index in [2.05, 4.69) is 275 Å². The number of hydrogen-bond acceptors (Lipinski definition) is 5. The summed E-state index contributed by atoms with van der Waals surface area (Å²) < 4.78 is 13.7. The van der Waals surface area contributed by atoms with Gasteiger partial charge in [0.05, 0.1) is 5.69 Å². The monoisotopic (exact) mass is 979 g/mol. The van der Waals surface area contributed by atoms with Crippen molar-refractivity contribution in [2.75, 3.05) is 14.7 Å². The minimum atomic E-state index is -0.149. The Balaban J connectivity index is 1.03. The number of para-hydroxylation sites is 3. The van der Waals surface area contributed by atoms with Crippen LogP contribution in [0.4, 0.5) is 51.2 Å². The van der Waals surface area contributed by atoms with Crippen molar-refractivity contribution in [3.8, 4) is 0 Å². The zero-order valence-electron chi connectivity index (χ0n) is 43.5. The molecular formula is C70H54BN3O2. The zero-order valence-corrected chi connectivity index (χ0v) is 43.5. The summed E-state index contributed by atoms with van der Waals surface area (Å²) in [4.78, 5) is 7.43. The maximum Gasteiger partial charge on any atom is 0.253 e. The second-order valence-electron chi connectivity index (χ2n) is 22.9. The van der Waals surface area contributed by atoms with Crippen molar-refractivity contribution in [2.24, 2.45) is 0 Å². The zero-order chi connectivity index (χ0) is 51.2. The first-order valence-electron chi connectivity index (χ1n) is 26.6. The largest absolute Gasteiger partial charge is 0.456 e. The highest BCUT2D eigenvalue weighted by atomic mass is 16.3. The molecule has 4 heterocycles. The van der Waals surface area contributed by atoms with Gasteiger partial charge in [0.2, 0.25) is 0 Å². The Morgan fingerprint density at radius 3 is 1.62 bits per heavy atom. The number of nitrogens with zero attached hydrogens (tertiary/aromatic N) is 3. The Hall–Kier alpha value is -9.00. The molecule has 0 bridgehead atoms. The first kappa shape index (κ1) is 44.5. The average Bonchev–Trinajstić information content (AvgIpc) is 4.12. The van der Waals surface area contributed by atoms with Gasteiger partial charge in [0.1, 0.15) is 16.7 Å². The van der Waals surface area contributed by atoms with Crippen LogP contribution in [-0.2, 0) is 10.8 Å². The number of furan rings is 2. The molecule has 0 unspecified atom stereocenters. The van der Waals surface area contributed by atoms with Crippen LogP contribution < -0.4 is 31.1 Å². The van der Waals surface area contributed by atoms with Gasteiger partial charge in [-0.2, -0.15) is 0 Å². The van der Waals surface area contributed by atoms with E-state index in [1.54, 1.807) is 0 Å². The SMILES string of the molecule is CC(C)(C)c1ccc(N2c3cc(N(c4ccc5ccc6ccccc6c5c4)c4cccc5c4oc4ccccc45)ccc3B3c4c2cccc4N(c2ccc(C(C)(C)C)cc2)c2ccc4oc5ccccc5c4c23)cc1. The lowest BCUT2D eigenvalue weighted by molar-refractivity contribution is 0.590. The van der Waals surface area contributed by atoms with Crippen LogP contribution in [0.5, 0.6) is 0 Å². The fraction of sp³-hybridized carbons (Fsp3) is 0.114. The third-order valence-corrected chi connectivity index (χ3v) is 16.3. The molecule has 15 rings (SSSR count). The van der Waals surface area contributed by atoms with Gasteiger partial charge in [-0.3, -0.25) is 0 Å². The highest BCUT2D eigenvalue weighted by molar-refractivity contribution is 7.01. The van der Waals surface area contributed by atoms with Crippen molar-refractivity contribution in [1.82, 2.24) is 0 Å². The van der Waals surface area contributed by atoms with E-state index < -0.39 is 0 Å². The number of benzene rings is 11. The second kappa shape index (κ2) is 16.3. The summed E-state index contributed by atoms with van der Waals surface area (Å²) in [5.41, 5.74) is 19.6. The van der Waals surface area contributed by atoms with Crippen molar-refractivity contribution >= 4 is 140 Å². The molecule has 0 spiro atoms. The van der Waals surface area contributed by atoms with Crippen molar-refractivity contribution < 1.29 is 8.83 Å². The Morgan fingerprint density at radius 2 is 0.921 bits per heavy atom. The molecule has 2 aromatic heterocycles. The van der Waals surface area contributed by atoms with Crippen LogP contribution >= 0.6 is 0 Å². The molecule has 0 saturated heterocycles. The molecule has 5 nitrogen and oxygen atoms in total. The lowest BCUT2D eigenvalue weighted by atomic mass is 9.33. The van der Waals surface area contributed by atoms with E-state index in [0.29, 0.717) is 0 Å². The molecule has 2 aliphatic rings. The summed E-state index contributed by atoms with van der Waals surface area (Å²) in [6.45, 7) is 13.6. The smallest absolute Gasteiger partial charge is 0.253 e. The van der Waals surface area contributed by atoms with Crippen molar-refractivity contribution in [1.29, 1.82) is 0 Å². The lowest BCUT2D eigenvalue weighted by Gasteiger charge is -2.44. The standard InChI is InChI=1S/C70H54BN3O2/c1-69(2,3)45-28-33-47(34-29-45)73-57-20-14-21-58-66(57)71(67-59(73)39-40-64-65(67)54-18-10-12-24-63(54)75-64)56-38-37-50(42-61(56)74(58)48-35-30-46(31-36-48)70(4,5)6)72(60-22-13-19-53-52-17-9-11-23-62(52)76-68(53)60)49-32-27-44-26-25-43-15-7-8-16-51(43)55(44)41-49/h7-42H,1-6H3. The first-order valence-corrected chi connectivity index (χ1v) is 26.6. The fourth-order valence-electron chi connectivity index (χ4n) is 12.6. The molecule has 2 aliphatic heterocycles. The second-order valence-corrected chi connectivity index (χ2v) is 22.9. The molecule has 13 aromatic rings. The summed E-state index contributed by atoms with van der Waals surface area (Å²) >= 11 is 0. The average molecular weight is 980 g/mol. The molecule has 0 N–H and O–H groups in total. The van der Waals surface area contributed by atoms with Crippen molar-refractivity contribution in [3.05, 3.63) is 230 Å². The normalized spacial score (nSPS) is 13.3. The first-order chi connectivity index (χ1) is 37.0. The van der Waals surface area contributed by atoms with Gasteiger partial charge in [-0.15, -0.1) is 0 Å². The summed E-state index contributed by atoms with van der Waals surface area (Å²) in [7, 11) is 0. The van der Waals surface area contributed by atoms with Crippen LogP contribution in [0, 0.1) is 0 Å². The van der Waals surface area contributed by atoms with E-state index in [1.807, 2.05) is 0 Å². The van der Waals surface area contributed by atoms with Gasteiger partial charge in [0, 0.05) is 67.0 Å². The van der Waals surface area contributed by atoms with Gasteiger partial charge < -0.3 is 23.5 Å². The molecule has 0 aliphatic carbocycles. The van der Waals surface area contributed by atoms with E-state index in [-0.39, 0.29) is 17.5 Å². The quantitative estimate of drug-likeness (QED) is 0.127. The Bertz CT molecular complexity index is 4520. The van der Waals surface area contributed by atoms with E-state index >= 15 is 0 Å². The highest BCUT2D eigenvalue weighted by Crippen LogP contribution is 2.49. The number of anilines is 9. The summed E-state index contributed by atoms with van der Waals surface area (Å²) in [5, 5.41) is 9.27. The fourth-order valence-corrected chi connectivity index (χ4v) is 12.6. The minimum absolute atomic E-state index is 0.0135. The lowest BCUT2D eigenvalue weighted by Crippen LogP contribution is -2.61.